The van der Waals surface area contributed by atoms with Gasteiger partial charge in [-0.15, -0.1) is 0 Å². The van der Waals surface area contributed by atoms with Crippen molar-refractivity contribution in [2.75, 3.05) is 90.6 Å². The van der Waals surface area contributed by atoms with Gasteiger partial charge in [-0.2, -0.15) is 0 Å². The minimum absolute atomic E-state index is 0.0152. The van der Waals surface area contributed by atoms with Gasteiger partial charge in [0, 0.05) is 78.6 Å². The van der Waals surface area contributed by atoms with Gasteiger partial charge in [0.2, 0.25) is 0 Å². The number of aliphatic carboxylic acids is 1. The van der Waals surface area contributed by atoms with Crippen LogP contribution in [0.25, 0.3) is 0 Å². The first kappa shape index (κ1) is 80.2. The molecule has 3 aromatic carbocycles. The molecule has 1 N–H and O–H groups in total. The van der Waals surface area contributed by atoms with E-state index in [1.165, 1.54) is 61.6 Å². The van der Waals surface area contributed by atoms with E-state index in [9.17, 15) is 53.1 Å². The summed E-state index contributed by atoms with van der Waals surface area (Å²) in [6, 6.07) is 20.4. The second-order valence-corrected chi connectivity index (χ2v) is 30.2. The molecule has 4 saturated carbocycles. The number of anilines is 2. The molecule has 2 saturated heterocycles. The topological polar surface area (TPSA) is 293 Å². The molecule has 0 radical (unpaired) electrons. The zero-order chi connectivity index (χ0) is 74.9. The van der Waals surface area contributed by atoms with E-state index in [0.29, 0.717) is 52.1 Å². The number of esters is 5. The van der Waals surface area contributed by atoms with Gasteiger partial charge in [-0.05, 0) is 146 Å². The van der Waals surface area contributed by atoms with Crippen molar-refractivity contribution in [3.63, 3.8) is 0 Å². The number of hydrogen-bond donors (Lipinski definition) is 1. The predicted molar refractivity (Wildman–Crippen MR) is 379 cm³/mol. The fraction of sp³-hybridized carbons (Fsp3) is 0.636. The number of benzene rings is 3. The van der Waals surface area contributed by atoms with E-state index in [-0.39, 0.29) is 43.1 Å². The fourth-order valence-corrected chi connectivity index (χ4v) is 12.0. The van der Waals surface area contributed by atoms with E-state index in [4.69, 9.17) is 42.6 Å². The Labute approximate surface area is 605 Å². The summed E-state index contributed by atoms with van der Waals surface area (Å²) >= 11 is 0. The van der Waals surface area contributed by atoms with Crippen molar-refractivity contribution in [3.05, 3.63) is 95.6 Å². The number of carboxylic acids is 1. The number of hydrogen-bond acceptors (Lipinski definition) is 21. The zero-order valence-electron chi connectivity index (χ0n) is 62.1. The third-order valence-electron chi connectivity index (χ3n) is 19.1. The largest absolute Gasteiger partial charge is 0.479 e. The number of carbonyl (C=O) groups excluding carboxylic acids is 9. The molecule has 103 heavy (non-hydrogen) atoms. The van der Waals surface area contributed by atoms with Crippen LogP contribution in [0.1, 0.15) is 149 Å². The summed E-state index contributed by atoms with van der Waals surface area (Å²) < 4.78 is 50.3. The highest BCUT2D eigenvalue weighted by Crippen LogP contribution is 2.39. The number of morpholine rings is 2. The van der Waals surface area contributed by atoms with Crippen LogP contribution in [0.5, 0.6) is 0 Å². The highest BCUT2D eigenvalue weighted by molar-refractivity contribution is 5.92. The summed E-state index contributed by atoms with van der Waals surface area (Å²) in [6.45, 7) is 18.8. The molecule has 566 valence electrons. The van der Waals surface area contributed by atoms with Crippen LogP contribution in [-0.2, 0) is 100 Å². The Kier molecular flexibility index (Phi) is 28.6. The Morgan fingerprint density at radius 1 is 0.437 bits per heavy atom. The zero-order valence-corrected chi connectivity index (χ0v) is 62.1. The van der Waals surface area contributed by atoms with E-state index >= 15 is 0 Å². The number of nitrogens with zero attached hydrogens (tertiary/aromatic N) is 6. The smallest absolute Gasteiger partial charge is 0.410 e. The number of rotatable bonds is 32. The van der Waals surface area contributed by atoms with E-state index in [1.807, 2.05) is 78.9 Å². The molecule has 4 aliphatic carbocycles. The molecule has 2 heterocycles. The number of ether oxygens (including phenoxy) is 9. The molecule has 0 bridgehead atoms. The minimum Gasteiger partial charge on any atom is -0.479 e. The van der Waals surface area contributed by atoms with Crippen LogP contribution in [-0.4, -0.2) is 225 Å². The van der Waals surface area contributed by atoms with Gasteiger partial charge in [0.15, 0.2) is 24.4 Å². The van der Waals surface area contributed by atoms with Crippen LogP contribution in [0, 0.1) is 23.7 Å². The van der Waals surface area contributed by atoms with Gasteiger partial charge in [0.05, 0.1) is 26.4 Å². The Bertz CT molecular complexity index is 3350. The first-order valence-corrected chi connectivity index (χ1v) is 36.3. The second-order valence-electron chi connectivity index (χ2n) is 30.2. The lowest BCUT2D eigenvalue weighted by Crippen LogP contribution is -2.52. The van der Waals surface area contributed by atoms with E-state index in [2.05, 4.69) is 9.80 Å². The molecule has 0 aromatic heterocycles. The van der Waals surface area contributed by atoms with Gasteiger partial charge in [-0.1, -0.05) is 106 Å². The highest BCUT2D eigenvalue weighted by atomic mass is 16.6. The maximum Gasteiger partial charge on any atom is 0.410 e. The number of amides is 4. The van der Waals surface area contributed by atoms with Crippen molar-refractivity contribution in [3.8, 4) is 0 Å². The van der Waals surface area contributed by atoms with Crippen molar-refractivity contribution >= 4 is 71.2 Å². The average molecular weight is 1440 g/mol. The van der Waals surface area contributed by atoms with Gasteiger partial charge in [-0.3, -0.25) is 19.4 Å². The number of carboxylic acid groups (broad SMARTS) is 1. The Morgan fingerprint density at radius 3 is 1.08 bits per heavy atom. The molecule has 26 nitrogen and oxygen atoms in total. The minimum atomic E-state index is -1.40. The van der Waals surface area contributed by atoms with Crippen molar-refractivity contribution < 1.29 is 95.7 Å². The first-order valence-electron chi connectivity index (χ1n) is 36.3. The molecule has 9 rings (SSSR count). The molecule has 3 aromatic rings. The van der Waals surface area contributed by atoms with Crippen LogP contribution in [0.4, 0.5) is 21.0 Å². The molecule has 6 aliphatic rings. The van der Waals surface area contributed by atoms with Gasteiger partial charge >= 0.3 is 48.0 Å². The molecule has 6 fully saturated rings. The second kappa shape index (κ2) is 36.8. The summed E-state index contributed by atoms with van der Waals surface area (Å²) in [6.07, 6.45) is 2.04. The van der Waals surface area contributed by atoms with E-state index in [1.54, 1.807) is 41.5 Å². The third-order valence-corrected chi connectivity index (χ3v) is 19.1. The number of carbonyl (C=O) groups is 10. The molecule has 2 aliphatic heterocycles. The lowest BCUT2D eigenvalue weighted by atomic mass is 10.0. The molecule has 0 spiro atoms. The molecule has 8 atom stereocenters. The molecule has 26 heteroatoms. The summed E-state index contributed by atoms with van der Waals surface area (Å²) in [4.78, 5) is 143. The Hall–Kier alpha value is -8.52. The molecule has 0 unspecified atom stereocenters. The van der Waals surface area contributed by atoms with Gasteiger partial charge in [0.25, 0.3) is 11.8 Å². The average Bonchev–Trinajstić information content (AvgIpc) is 1.41. The maximum atomic E-state index is 14.5. The summed E-state index contributed by atoms with van der Waals surface area (Å²) in [7, 11) is 5.93. The van der Waals surface area contributed by atoms with E-state index in [0.717, 1.165) is 106 Å². The SMILES string of the molecule is C[C@@H](OC(=O)[C@H](CC1CC1)N(C)C(=O)[C@@H](Cc1ccc(N2CCOCC2)cc1)OC(=O)[C@H](CC1CC1)N(C)C(=O)OC(C)(C)C)C(=O)O.C[C@@H](OC(=O)[C@H](CC1CC1)N(C)C(=O)[C@@H](Cc1ccc(N2CCOCC2)cc1)OC(=O)[C@H](CC1CC1)N(C)C(=O)OC(C)(C)C)C(=O)OCc1ccccc1. The first-order chi connectivity index (χ1) is 48.8. The normalized spacial score (nSPS) is 18.4. The van der Waals surface area contributed by atoms with Crippen molar-refractivity contribution in [1.82, 2.24) is 19.6 Å². The van der Waals surface area contributed by atoms with Crippen LogP contribution < -0.4 is 9.80 Å². The van der Waals surface area contributed by atoms with E-state index < -0.39 is 120 Å². The number of likely N-dealkylation sites (N-methyl/N-ethyl adjacent to an activating group) is 4. The van der Waals surface area contributed by atoms with Crippen LogP contribution in [0.15, 0.2) is 78.9 Å². The fourth-order valence-electron chi connectivity index (χ4n) is 12.0. The maximum absolute atomic E-state index is 14.5. The monoisotopic (exact) mass is 1440 g/mol. The standard InChI is InChI=1S/C42H57N3O10.C35H51N3O10/c1-28(38(47)52-27-32-10-8-7-9-11-32)53-39(48)34(24-29-12-13-29)43(5)37(46)36(26-31-16-18-33(19-17-31)45-20-22-51-23-21-45)54-40(49)35(25-30-14-15-30)44(6)41(50)55-42(2,3)4;1-22(31(40)41)46-32(42)27(19-23-7-8-23)36(5)30(39)29(21-25-11-13-26(14-12-25)38-15-17-45-18-16-38)47-33(43)28(20-24-9-10-24)37(6)34(44)48-35(2,3)4/h7-11,16-19,28-30,34-36H,12-15,20-27H2,1-6H3;11-14,22-24,27-29H,7-10,15-21H2,1-6H3,(H,40,41)/t28-,34+,35+,36-;22-,27+,28+,29-/m11/s1. The predicted octanol–water partition coefficient (Wildman–Crippen LogP) is 8.97. The van der Waals surface area contributed by atoms with Crippen molar-refractivity contribution in [2.24, 2.45) is 23.7 Å². The third kappa shape index (κ3) is 25.7. The molecular weight excluding hydrogens is 1330 g/mol. The molecule has 4 amide bonds. The Balaban J connectivity index is 0.000000264. The van der Waals surface area contributed by atoms with Gasteiger partial charge < -0.3 is 67.3 Å². The lowest BCUT2D eigenvalue weighted by Gasteiger charge is -2.33. The summed E-state index contributed by atoms with van der Waals surface area (Å²) in [5.74, 6) is -5.41. The Morgan fingerprint density at radius 2 is 0.757 bits per heavy atom. The summed E-state index contributed by atoms with van der Waals surface area (Å²) in [5.41, 5.74) is 2.71. The van der Waals surface area contributed by atoms with Gasteiger partial charge in [0.1, 0.15) is 42.0 Å². The van der Waals surface area contributed by atoms with Gasteiger partial charge in [-0.25, -0.2) is 38.4 Å². The van der Waals surface area contributed by atoms with Crippen LogP contribution in [0.2, 0.25) is 0 Å². The quantitative estimate of drug-likeness (QED) is 0.0450. The van der Waals surface area contributed by atoms with Crippen LogP contribution >= 0.6 is 0 Å². The molecular formula is C77H108N6O20. The highest BCUT2D eigenvalue weighted by Gasteiger charge is 2.45. The summed E-state index contributed by atoms with van der Waals surface area (Å²) in [5, 5.41) is 9.31. The van der Waals surface area contributed by atoms with Crippen LogP contribution in [0.3, 0.4) is 0 Å². The van der Waals surface area contributed by atoms with Crippen molar-refractivity contribution in [2.45, 2.75) is 212 Å². The van der Waals surface area contributed by atoms with Crippen molar-refractivity contribution in [1.29, 1.82) is 0 Å². The lowest BCUT2D eigenvalue weighted by molar-refractivity contribution is -0.174.